The summed E-state index contributed by atoms with van der Waals surface area (Å²) in [5.74, 6) is -2.28. The number of oxazole rings is 1. The largest absolute Gasteiger partial charge is 0.478 e. The van der Waals surface area contributed by atoms with Crippen molar-refractivity contribution in [2.45, 2.75) is 37.9 Å². The smallest absolute Gasteiger partial charge is 0.335 e. The number of nitrogens with zero attached hydrogens (tertiary/aromatic N) is 5. The minimum absolute atomic E-state index is 0.0539. The number of aromatic nitrogens is 3. The molecule has 0 spiro atoms. The molecule has 0 saturated carbocycles. The molecule has 0 bridgehead atoms. The molecular formula is C33H28ClF2N5O6. The van der Waals surface area contributed by atoms with Crippen molar-refractivity contribution in [1.82, 2.24) is 19.4 Å². The minimum Gasteiger partial charge on any atom is -0.478 e. The summed E-state index contributed by atoms with van der Waals surface area (Å²) in [4.78, 5) is 25.1. The maximum Gasteiger partial charge on any atom is 0.335 e. The van der Waals surface area contributed by atoms with Crippen LogP contribution in [0.4, 0.5) is 14.5 Å². The molecule has 242 valence electrons. The zero-order chi connectivity index (χ0) is 32.4. The maximum atomic E-state index is 15.2. The van der Waals surface area contributed by atoms with Crippen molar-refractivity contribution >= 4 is 34.3 Å². The van der Waals surface area contributed by atoms with E-state index in [4.69, 9.17) is 30.2 Å². The van der Waals surface area contributed by atoms with Gasteiger partial charge in [0.25, 0.3) is 5.79 Å². The Hall–Kier alpha value is -4.72. The van der Waals surface area contributed by atoms with E-state index in [1.807, 2.05) is 12.1 Å². The molecule has 2 saturated heterocycles. The summed E-state index contributed by atoms with van der Waals surface area (Å²) in [6.45, 7) is 4.37. The topological polar surface area (TPSA) is 115 Å². The highest BCUT2D eigenvalue weighted by atomic mass is 35.5. The Balaban J connectivity index is 1.09. The van der Waals surface area contributed by atoms with Gasteiger partial charge in [-0.1, -0.05) is 17.7 Å². The summed E-state index contributed by atoms with van der Waals surface area (Å²) in [6.07, 6.45) is 2.80. The van der Waals surface area contributed by atoms with Gasteiger partial charge in [0.05, 0.1) is 66.4 Å². The number of carboxylic acids is 1. The molecule has 5 heterocycles. The Bertz CT molecular complexity index is 2020. The number of piperazine rings is 1. The van der Waals surface area contributed by atoms with Gasteiger partial charge >= 0.3 is 5.97 Å². The molecule has 3 atom stereocenters. The van der Waals surface area contributed by atoms with Crippen LogP contribution in [-0.2, 0) is 23.6 Å². The molecule has 3 aromatic carbocycles. The van der Waals surface area contributed by atoms with Gasteiger partial charge in [-0.2, -0.15) is 0 Å². The van der Waals surface area contributed by atoms with E-state index in [1.165, 1.54) is 24.8 Å². The number of anilines is 1. The Kier molecular flexibility index (Phi) is 7.08. The summed E-state index contributed by atoms with van der Waals surface area (Å²) >= 11 is 5.99. The highest BCUT2D eigenvalue weighted by Gasteiger charge is 2.46. The first-order valence-corrected chi connectivity index (χ1v) is 15.4. The molecule has 0 radical (unpaired) electrons. The molecular weight excluding hydrogens is 636 g/mol. The second kappa shape index (κ2) is 11.2. The first-order valence-electron chi connectivity index (χ1n) is 15.0. The first kappa shape index (κ1) is 29.7. The number of ether oxygens (including phenoxy) is 3. The number of carbonyl (C=O) groups is 1. The monoisotopic (exact) mass is 663 g/mol. The fraction of sp³-hybridized carbons (Fsp3) is 0.303. The molecule has 0 amide bonds. The zero-order valence-electron chi connectivity index (χ0n) is 25.0. The molecule has 2 fully saturated rings. The Morgan fingerprint density at radius 1 is 1.06 bits per heavy atom. The lowest BCUT2D eigenvalue weighted by Crippen LogP contribution is -2.59. The third-order valence-corrected chi connectivity index (χ3v) is 9.32. The predicted molar refractivity (Wildman–Crippen MR) is 165 cm³/mol. The van der Waals surface area contributed by atoms with Crippen molar-refractivity contribution in [3.63, 3.8) is 0 Å². The van der Waals surface area contributed by atoms with Crippen LogP contribution in [0.1, 0.15) is 34.4 Å². The summed E-state index contributed by atoms with van der Waals surface area (Å²) in [6, 6.07) is 12.3. The van der Waals surface area contributed by atoms with Crippen LogP contribution < -0.4 is 14.4 Å². The van der Waals surface area contributed by atoms with E-state index in [-0.39, 0.29) is 40.3 Å². The maximum absolute atomic E-state index is 15.2. The van der Waals surface area contributed by atoms with Crippen LogP contribution in [0.5, 0.6) is 11.5 Å². The summed E-state index contributed by atoms with van der Waals surface area (Å²) in [5.41, 5.74) is 1.90. The van der Waals surface area contributed by atoms with E-state index in [0.717, 1.165) is 11.8 Å². The molecule has 0 unspecified atom stereocenters. The van der Waals surface area contributed by atoms with Crippen molar-refractivity contribution in [3.05, 3.63) is 100 Å². The summed E-state index contributed by atoms with van der Waals surface area (Å²) in [5, 5.41) is 9.86. The summed E-state index contributed by atoms with van der Waals surface area (Å²) < 4.78 is 55.7. The second-order valence-corrected chi connectivity index (χ2v) is 12.4. The van der Waals surface area contributed by atoms with Gasteiger partial charge in [-0.05, 0) is 42.5 Å². The van der Waals surface area contributed by atoms with E-state index in [9.17, 15) is 14.3 Å². The molecule has 47 heavy (non-hydrogen) atoms. The molecule has 3 aliphatic rings. The van der Waals surface area contributed by atoms with Crippen LogP contribution >= 0.6 is 11.6 Å². The Morgan fingerprint density at radius 3 is 2.70 bits per heavy atom. The average Bonchev–Trinajstić information content (AvgIpc) is 3.84. The van der Waals surface area contributed by atoms with Crippen LogP contribution in [0.3, 0.4) is 0 Å². The normalized spacial score (nSPS) is 22.3. The number of fused-ring (bicyclic) bond motifs is 3. The van der Waals surface area contributed by atoms with Crippen molar-refractivity contribution in [2.75, 3.05) is 31.2 Å². The van der Waals surface area contributed by atoms with Crippen LogP contribution in [0.2, 0.25) is 5.02 Å². The van der Waals surface area contributed by atoms with Gasteiger partial charge in [-0.15, -0.1) is 0 Å². The minimum atomic E-state index is -1.39. The van der Waals surface area contributed by atoms with Crippen LogP contribution in [-0.4, -0.2) is 68.9 Å². The molecule has 14 heteroatoms. The Labute approximate surface area is 271 Å². The lowest BCUT2D eigenvalue weighted by Gasteiger charge is -2.44. The zero-order valence-corrected chi connectivity index (χ0v) is 25.8. The van der Waals surface area contributed by atoms with Gasteiger partial charge in [0.15, 0.2) is 23.7 Å². The average molecular weight is 664 g/mol. The van der Waals surface area contributed by atoms with E-state index in [1.54, 1.807) is 29.7 Å². The molecule has 2 aromatic heterocycles. The summed E-state index contributed by atoms with van der Waals surface area (Å²) in [7, 11) is 0. The molecule has 5 aromatic rings. The van der Waals surface area contributed by atoms with Crippen LogP contribution in [0.15, 0.2) is 65.6 Å². The van der Waals surface area contributed by atoms with Crippen molar-refractivity contribution < 1.29 is 37.3 Å². The van der Waals surface area contributed by atoms with Gasteiger partial charge < -0.3 is 33.2 Å². The van der Waals surface area contributed by atoms with E-state index < -0.39 is 23.4 Å². The fourth-order valence-corrected chi connectivity index (χ4v) is 7.02. The standard InChI is InChI=1S/C33H28ClF2N5O6/c1-33(21-6-5-19(34)11-22(21)35)46-28-4-2-3-24(31(28)47-33)40-8-7-39(26-15-44-16-27(26)40)13-29-38-30-23(36)9-18(32(42)43)10-25(30)41(29)12-20-14-45-17-37-20/h2-6,9-11,14,17,26-27H,7-8,12-13,15-16H2,1H3,(H,42,43)/t26-,27+,33+/m1/s1. The second-order valence-electron chi connectivity index (χ2n) is 11.9. The van der Waals surface area contributed by atoms with Crippen molar-refractivity contribution in [2.24, 2.45) is 0 Å². The highest BCUT2D eigenvalue weighted by molar-refractivity contribution is 6.30. The van der Waals surface area contributed by atoms with Gasteiger partial charge in [0.1, 0.15) is 23.4 Å². The van der Waals surface area contributed by atoms with Gasteiger partial charge in [0.2, 0.25) is 0 Å². The Morgan fingerprint density at radius 2 is 1.91 bits per heavy atom. The number of hydrogen-bond acceptors (Lipinski definition) is 9. The molecule has 8 rings (SSSR count). The molecule has 1 N–H and O–H groups in total. The number of carboxylic acid groups (broad SMARTS) is 1. The van der Waals surface area contributed by atoms with Crippen LogP contribution in [0.25, 0.3) is 11.0 Å². The van der Waals surface area contributed by atoms with Gasteiger partial charge in [-0.3, -0.25) is 4.90 Å². The molecule has 3 aliphatic heterocycles. The number of benzene rings is 3. The van der Waals surface area contributed by atoms with E-state index in [0.29, 0.717) is 61.4 Å². The first-order chi connectivity index (χ1) is 22.7. The number of imidazole rings is 1. The SMILES string of the molecule is C[C@]1(c2ccc(Cl)cc2F)Oc2cccc(N3CCN(Cc4nc5c(F)cc(C(=O)O)cc5n4Cc4cocn4)[C@@H]4COC[C@@H]43)c2O1. The molecule has 11 nitrogen and oxygen atoms in total. The fourth-order valence-electron chi connectivity index (χ4n) is 6.86. The van der Waals surface area contributed by atoms with E-state index in [2.05, 4.69) is 19.8 Å². The lowest BCUT2D eigenvalue weighted by atomic mass is 10.0. The lowest BCUT2D eigenvalue weighted by molar-refractivity contribution is -0.0705. The van der Waals surface area contributed by atoms with Crippen molar-refractivity contribution in [1.29, 1.82) is 0 Å². The quantitative estimate of drug-likeness (QED) is 0.242. The third kappa shape index (κ3) is 5.05. The predicted octanol–water partition coefficient (Wildman–Crippen LogP) is 5.44. The highest BCUT2D eigenvalue weighted by Crippen LogP contribution is 2.51. The van der Waals surface area contributed by atoms with E-state index >= 15 is 4.39 Å². The number of aromatic carboxylic acids is 1. The third-order valence-electron chi connectivity index (χ3n) is 9.09. The van der Waals surface area contributed by atoms with Crippen LogP contribution in [0, 0.1) is 11.6 Å². The number of rotatable bonds is 7. The van der Waals surface area contributed by atoms with Crippen molar-refractivity contribution in [3.8, 4) is 11.5 Å². The number of para-hydroxylation sites is 1. The van der Waals surface area contributed by atoms with Gasteiger partial charge in [0, 0.05) is 25.0 Å². The molecule has 0 aliphatic carbocycles. The number of halogens is 3. The van der Waals surface area contributed by atoms with Gasteiger partial charge in [-0.25, -0.2) is 23.5 Å². The number of hydrogen-bond donors (Lipinski definition) is 1.